The van der Waals surface area contributed by atoms with Gasteiger partial charge in [-0.05, 0) is 42.7 Å². The Kier molecular flexibility index (Phi) is 5.90. The van der Waals surface area contributed by atoms with E-state index in [4.69, 9.17) is 14.5 Å². The fourth-order valence-corrected chi connectivity index (χ4v) is 5.47. The van der Waals surface area contributed by atoms with Crippen molar-refractivity contribution in [2.45, 2.75) is 51.4 Å². The Balaban J connectivity index is 1.38. The van der Waals surface area contributed by atoms with Crippen LogP contribution < -0.4 is 9.47 Å². The van der Waals surface area contributed by atoms with E-state index in [-0.39, 0.29) is 6.10 Å². The summed E-state index contributed by atoms with van der Waals surface area (Å²) in [5.41, 5.74) is 1.19. The van der Waals surface area contributed by atoms with Crippen LogP contribution in [0.15, 0.2) is 29.6 Å². The molecular formula is C22H30N2O3S. The molecule has 0 amide bonds. The second-order valence-corrected chi connectivity index (χ2v) is 9.32. The van der Waals surface area contributed by atoms with Crippen LogP contribution in [0.1, 0.15) is 43.3 Å². The molecule has 1 N–H and O–H groups in total. The molecule has 2 fully saturated rings. The van der Waals surface area contributed by atoms with Gasteiger partial charge < -0.3 is 14.6 Å². The predicted molar refractivity (Wildman–Crippen MR) is 111 cm³/mol. The lowest BCUT2D eigenvalue weighted by Crippen LogP contribution is -2.42. The molecule has 1 saturated heterocycles. The van der Waals surface area contributed by atoms with Crippen LogP contribution in [-0.4, -0.2) is 47.4 Å². The van der Waals surface area contributed by atoms with E-state index in [1.165, 1.54) is 10.7 Å². The van der Waals surface area contributed by atoms with E-state index >= 15 is 0 Å². The minimum Gasteiger partial charge on any atom is -0.493 e. The molecule has 0 radical (unpaired) electrons. The molecule has 2 aromatic rings. The molecule has 2 heterocycles. The maximum Gasteiger partial charge on any atom is 0.161 e. The number of thiazole rings is 1. The first-order valence-electron chi connectivity index (χ1n) is 10.2. The molecule has 5 nitrogen and oxygen atoms in total. The van der Waals surface area contributed by atoms with Gasteiger partial charge in [0.15, 0.2) is 11.5 Å². The number of hydrogen-bond donors (Lipinski definition) is 1. The lowest BCUT2D eigenvalue weighted by Gasteiger charge is -2.35. The lowest BCUT2D eigenvalue weighted by atomic mass is 9.78. The molecule has 1 aliphatic heterocycles. The second-order valence-electron chi connectivity index (χ2n) is 8.38. The van der Waals surface area contributed by atoms with Gasteiger partial charge in [0.05, 0.1) is 25.5 Å². The van der Waals surface area contributed by atoms with Crippen molar-refractivity contribution in [3.05, 3.63) is 40.3 Å². The molecule has 6 heteroatoms. The number of ether oxygens (including phenoxy) is 2. The summed E-state index contributed by atoms with van der Waals surface area (Å²) in [5.74, 6) is 3.01. The molecule has 0 bridgehead atoms. The van der Waals surface area contributed by atoms with Crippen molar-refractivity contribution in [3.63, 3.8) is 0 Å². The van der Waals surface area contributed by atoms with E-state index in [0.717, 1.165) is 38.2 Å². The maximum absolute atomic E-state index is 10.7. The number of para-hydroxylation sites is 2. The number of methoxy groups -OCH3 is 1. The quantitative estimate of drug-likeness (QED) is 0.794. The van der Waals surface area contributed by atoms with Crippen LogP contribution in [0.3, 0.4) is 0 Å². The monoisotopic (exact) mass is 402 g/mol. The van der Waals surface area contributed by atoms with Crippen molar-refractivity contribution in [1.29, 1.82) is 0 Å². The van der Waals surface area contributed by atoms with Crippen molar-refractivity contribution in [1.82, 2.24) is 9.88 Å². The normalized spacial score (nSPS) is 27.8. The second kappa shape index (κ2) is 8.39. The summed E-state index contributed by atoms with van der Waals surface area (Å²) in [6.45, 7) is 7.39. The van der Waals surface area contributed by atoms with Gasteiger partial charge in [-0.3, -0.25) is 4.90 Å². The molecule has 152 valence electrons. The molecular weight excluding hydrogens is 372 g/mol. The van der Waals surface area contributed by atoms with E-state index in [2.05, 4.69) is 24.1 Å². The Labute approximate surface area is 171 Å². The predicted octanol–water partition coefficient (Wildman–Crippen LogP) is 3.93. The number of benzene rings is 1. The molecule has 1 saturated carbocycles. The highest BCUT2D eigenvalue weighted by atomic mass is 32.1. The Morgan fingerprint density at radius 1 is 1.18 bits per heavy atom. The molecule has 28 heavy (non-hydrogen) atoms. The van der Waals surface area contributed by atoms with Crippen LogP contribution in [0.4, 0.5) is 0 Å². The van der Waals surface area contributed by atoms with E-state index in [0.29, 0.717) is 23.5 Å². The maximum atomic E-state index is 10.7. The lowest BCUT2D eigenvalue weighted by molar-refractivity contribution is -0.0240. The summed E-state index contributed by atoms with van der Waals surface area (Å²) in [6.07, 6.45) is 1.08. The van der Waals surface area contributed by atoms with Crippen molar-refractivity contribution < 1.29 is 14.6 Å². The van der Waals surface area contributed by atoms with Gasteiger partial charge in [0.25, 0.3) is 0 Å². The first-order chi connectivity index (χ1) is 13.5. The average molecular weight is 403 g/mol. The van der Waals surface area contributed by atoms with Crippen molar-refractivity contribution >= 4 is 11.3 Å². The van der Waals surface area contributed by atoms with Gasteiger partial charge in [0, 0.05) is 18.5 Å². The molecule has 2 aliphatic rings. The van der Waals surface area contributed by atoms with Gasteiger partial charge in [-0.1, -0.05) is 26.0 Å². The third-order valence-corrected chi connectivity index (χ3v) is 6.88. The van der Waals surface area contributed by atoms with Crippen LogP contribution in [0.2, 0.25) is 0 Å². The molecule has 1 aromatic carbocycles. The van der Waals surface area contributed by atoms with Crippen LogP contribution >= 0.6 is 11.3 Å². The number of aliphatic hydroxyl groups is 1. The summed E-state index contributed by atoms with van der Waals surface area (Å²) < 4.78 is 11.6. The van der Waals surface area contributed by atoms with Gasteiger partial charge in [-0.15, -0.1) is 11.3 Å². The molecule has 4 rings (SSSR count). The minimum atomic E-state index is -0.432. The Bertz CT molecular complexity index is 794. The highest BCUT2D eigenvalue weighted by molar-refractivity contribution is 7.09. The standard InChI is InChI=1S/C22H30N2O3S/c1-14(2)17-13-28-22(23-17)12-24-10-15-8-18(25)21(9-16(15)11-24)27-20-7-5-4-6-19(20)26-3/h4-7,13-16,18,21,25H,8-12H2,1-3H3/t15-,16+,18+,21+/m0/s1. The SMILES string of the molecule is COc1ccccc1O[C@@H]1C[C@@H]2CN(Cc3nc(C(C)C)cs3)C[C@@H]2C[C@H]1O. The van der Waals surface area contributed by atoms with E-state index in [1.54, 1.807) is 18.4 Å². The molecule has 1 aromatic heterocycles. The first-order valence-corrected chi connectivity index (χ1v) is 11.1. The van der Waals surface area contributed by atoms with E-state index < -0.39 is 6.10 Å². The number of hydrogen-bond acceptors (Lipinski definition) is 6. The number of aliphatic hydroxyl groups excluding tert-OH is 1. The summed E-state index contributed by atoms with van der Waals surface area (Å²) >= 11 is 1.76. The zero-order chi connectivity index (χ0) is 19.7. The van der Waals surface area contributed by atoms with Gasteiger partial charge in [0.1, 0.15) is 11.1 Å². The summed E-state index contributed by atoms with van der Waals surface area (Å²) in [5, 5.41) is 14.1. The number of aromatic nitrogens is 1. The van der Waals surface area contributed by atoms with Crippen molar-refractivity contribution in [3.8, 4) is 11.5 Å². The number of likely N-dealkylation sites (tertiary alicyclic amines) is 1. The Morgan fingerprint density at radius 2 is 1.89 bits per heavy atom. The van der Waals surface area contributed by atoms with E-state index in [9.17, 15) is 5.11 Å². The topological polar surface area (TPSA) is 54.8 Å². The summed E-state index contributed by atoms with van der Waals surface area (Å²) in [7, 11) is 1.65. The largest absolute Gasteiger partial charge is 0.493 e. The summed E-state index contributed by atoms with van der Waals surface area (Å²) in [4.78, 5) is 7.28. The molecule has 0 spiro atoms. The average Bonchev–Trinajstić information content (AvgIpc) is 3.29. The zero-order valence-corrected chi connectivity index (χ0v) is 17.7. The number of rotatable bonds is 6. The fraction of sp³-hybridized carbons (Fsp3) is 0.591. The highest BCUT2D eigenvalue weighted by Gasteiger charge is 2.42. The summed E-state index contributed by atoms with van der Waals surface area (Å²) in [6, 6.07) is 7.67. The number of fused-ring (bicyclic) bond motifs is 1. The van der Waals surface area contributed by atoms with Gasteiger partial charge >= 0.3 is 0 Å². The third-order valence-electron chi connectivity index (χ3n) is 6.03. The molecule has 0 unspecified atom stereocenters. The smallest absolute Gasteiger partial charge is 0.161 e. The fourth-order valence-electron chi connectivity index (χ4n) is 4.48. The van der Waals surface area contributed by atoms with Gasteiger partial charge in [0.2, 0.25) is 0 Å². The van der Waals surface area contributed by atoms with E-state index in [1.807, 2.05) is 24.3 Å². The van der Waals surface area contributed by atoms with Gasteiger partial charge in [-0.2, -0.15) is 0 Å². The third kappa shape index (κ3) is 4.19. The molecule has 4 atom stereocenters. The Hall–Kier alpha value is -1.63. The van der Waals surface area contributed by atoms with Crippen molar-refractivity contribution in [2.75, 3.05) is 20.2 Å². The van der Waals surface area contributed by atoms with Crippen LogP contribution in [0, 0.1) is 11.8 Å². The van der Waals surface area contributed by atoms with Gasteiger partial charge in [-0.25, -0.2) is 4.98 Å². The number of nitrogens with zero attached hydrogens (tertiary/aromatic N) is 2. The van der Waals surface area contributed by atoms with Crippen LogP contribution in [-0.2, 0) is 6.54 Å². The molecule has 1 aliphatic carbocycles. The highest BCUT2D eigenvalue weighted by Crippen LogP contribution is 2.39. The minimum absolute atomic E-state index is 0.176. The first kappa shape index (κ1) is 19.7. The van der Waals surface area contributed by atoms with Crippen molar-refractivity contribution in [2.24, 2.45) is 11.8 Å². The van der Waals surface area contributed by atoms with Crippen LogP contribution in [0.5, 0.6) is 11.5 Å². The Morgan fingerprint density at radius 3 is 2.57 bits per heavy atom. The van der Waals surface area contributed by atoms with Crippen LogP contribution in [0.25, 0.3) is 0 Å². The zero-order valence-electron chi connectivity index (χ0n) is 16.9.